The molecule has 0 spiro atoms. The summed E-state index contributed by atoms with van der Waals surface area (Å²) in [5, 5.41) is 3.64. The van der Waals surface area contributed by atoms with Gasteiger partial charge in [-0.15, -0.1) is 6.58 Å². The van der Waals surface area contributed by atoms with Crippen LogP contribution in [0.3, 0.4) is 0 Å². The largest absolute Gasteiger partial charge is 0.359 e. The maximum Gasteiger partial charge on any atom is 0.146 e. The summed E-state index contributed by atoms with van der Waals surface area (Å²) in [6.07, 6.45) is 19.6. The van der Waals surface area contributed by atoms with Gasteiger partial charge in [0.2, 0.25) is 0 Å². The third-order valence-electron chi connectivity index (χ3n) is 5.19. The Balaban J connectivity index is 2.06. The summed E-state index contributed by atoms with van der Waals surface area (Å²) in [6.45, 7) is 6.58. The summed E-state index contributed by atoms with van der Waals surface area (Å²) in [5.41, 5.74) is 0. The quantitative estimate of drug-likeness (QED) is 0.226. The molecule has 0 aromatic heterocycles. The van der Waals surface area contributed by atoms with E-state index in [1.54, 1.807) is 7.11 Å². The molecule has 1 heterocycles. The Morgan fingerprint density at radius 1 is 1.00 bits per heavy atom. The zero-order valence-corrected chi connectivity index (χ0v) is 16.2. The fourth-order valence-corrected chi connectivity index (χ4v) is 3.67. The second-order valence-electron chi connectivity index (χ2n) is 7.28. The molecule has 1 aliphatic rings. The predicted octanol–water partition coefficient (Wildman–Crippen LogP) is 5.59. The van der Waals surface area contributed by atoms with Crippen molar-refractivity contribution < 1.29 is 9.47 Å². The van der Waals surface area contributed by atoms with Gasteiger partial charge in [0, 0.05) is 19.2 Å². The van der Waals surface area contributed by atoms with Crippen molar-refractivity contribution in [3.8, 4) is 0 Å². The molecule has 1 aliphatic heterocycles. The van der Waals surface area contributed by atoms with Crippen molar-refractivity contribution in [2.45, 2.75) is 109 Å². The Bertz CT molecular complexity index is 296. The molecule has 1 saturated heterocycles. The van der Waals surface area contributed by atoms with Gasteiger partial charge in [-0.1, -0.05) is 77.2 Å². The normalized spacial score (nSPS) is 21.9. The molecular weight excluding hydrogens is 298 g/mol. The average molecular weight is 340 g/mol. The van der Waals surface area contributed by atoms with Crippen LogP contribution in [0.25, 0.3) is 0 Å². The first-order chi connectivity index (χ1) is 11.8. The van der Waals surface area contributed by atoms with Gasteiger partial charge in [0.15, 0.2) is 0 Å². The van der Waals surface area contributed by atoms with E-state index in [0.29, 0.717) is 18.9 Å². The minimum Gasteiger partial charge on any atom is -0.359 e. The Labute approximate surface area is 150 Å². The van der Waals surface area contributed by atoms with E-state index >= 15 is 0 Å². The van der Waals surface area contributed by atoms with Gasteiger partial charge in [0.05, 0.1) is 6.10 Å². The highest BCUT2D eigenvalue weighted by molar-refractivity contribution is 4.96. The molecule has 1 rings (SSSR count). The van der Waals surface area contributed by atoms with E-state index in [9.17, 15) is 0 Å². The zero-order valence-electron chi connectivity index (χ0n) is 16.2. The molecule has 3 nitrogen and oxygen atoms in total. The van der Waals surface area contributed by atoms with Crippen LogP contribution in [0.2, 0.25) is 0 Å². The first-order valence-electron chi connectivity index (χ1n) is 10.3. The van der Waals surface area contributed by atoms with E-state index < -0.39 is 0 Å². The lowest BCUT2D eigenvalue weighted by molar-refractivity contribution is -0.0848. The van der Waals surface area contributed by atoms with Gasteiger partial charge in [0.25, 0.3) is 0 Å². The molecule has 142 valence electrons. The summed E-state index contributed by atoms with van der Waals surface area (Å²) in [6, 6.07) is 0.915. The van der Waals surface area contributed by atoms with E-state index in [1.165, 1.54) is 77.0 Å². The lowest BCUT2D eigenvalue weighted by Gasteiger charge is -2.24. The van der Waals surface area contributed by atoms with Crippen LogP contribution in [-0.4, -0.2) is 32.1 Å². The SMILES string of the molecule is C=C[C@@H]1CC[C@H]([C@@H](CCCCCCCCCCCC)OCOC)N1. The molecule has 3 atom stereocenters. The number of hydrogen-bond donors (Lipinski definition) is 1. The molecule has 0 unspecified atom stereocenters. The van der Waals surface area contributed by atoms with Crippen LogP contribution in [-0.2, 0) is 9.47 Å². The lowest BCUT2D eigenvalue weighted by Crippen LogP contribution is -2.39. The van der Waals surface area contributed by atoms with Crippen LogP contribution in [0.15, 0.2) is 12.7 Å². The molecule has 0 amide bonds. The van der Waals surface area contributed by atoms with Crippen molar-refractivity contribution in [3.05, 3.63) is 12.7 Å². The molecule has 0 bridgehead atoms. The fraction of sp³-hybridized carbons (Fsp3) is 0.905. The van der Waals surface area contributed by atoms with E-state index in [2.05, 4.69) is 18.8 Å². The summed E-state index contributed by atoms with van der Waals surface area (Å²) < 4.78 is 11.0. The van der Waals surface area contributed by atoms with Crippen molar-refractivity contribution in [1.29, 1.82) is 0 Å². The van der Waals surface area contributed by atoms with E-state index in [1.807, 2.05) is 6.08 Å². The molecule has 3 heteroatoms. The standard InChI is InChI=1S/C21H41NO2/c1-4-6-7-8-9-10-11-12-13-14-15-21(24-18-23-3)20-17-16-19(5-2)22-20/h5,19-22H,2,4,6-18H2,1,3H3/t19-,20-,21-/m1/s1. The van der Waals surface area contributed by atoms with Gasteiger partial charge in [-0.2, -0.15) is 0 Å². The highest BCUT2D eigenvalue weighted by Crippen LogP contribution is 2.22. The van der Waals surface area contributed by atoms with E-state index in [-0.39, 0.29) is 6.10 Å². The molecular formula is C21H41NO2. The number of nitrogens with one attached hydrogen (secondary N) is 1. The average Bonchev–Trinajstić information content (AvgIpc) is 3.08. The first-order valence-corrected chi connectivity index (χ1v) is 10.3. The molecule has 0 radical (unpaired) electrons. The zero-order chi connectivity index (χ0) is 17.5. The van der Waals surface area contributed by atoms with Crippen LogP contribution in [0.1, 0.15) is 90.4 Å². The Hall–Kier alpha value is -0.380. The monoisotopic (exact) mass is 339 g/mol. The van der Waals surface area contributed by atoms with Gasteiger partial charge in [-0.3, -0.25) is 0 Å². The maximum atomic E-state index is 5.93. The van der Waals surface area contributed by atoms with Crippen molar-refractivity contribution >= 4 is 0 Å². The minimum atomic E-state index is 0.281. The summed E-state index contributed by atoms with van der Waals surface area (Å²) in [7, 11) is 1.70. The number of rotatable bonds is 16. The molecule has 0 aliphatic carbocycles. The molecule has 0 aromatic rings. The molecule has 0 aromatic carbocycles. The van der Waals surface area contributed by atoms with Crippen molar-refractivity contribution in [1.82, 2.24) is 5.32 Å². The van der Waals surface area contributed by atoms with Gasteiger partial charge in [0.1, 0.15) is 6.79 Å². The topological polar surface area (TPSA) is 30.5 Å². The third kappa shape index (κ3) is 9.80. The van der Waals surface area contributed by atoms with E-state index in [4.69, 9.17) is 9.47 Å². The van der Waals surface area contributed by atoms with Gasteiger partial charge in [-0.05, 0) is 19.3 Å². The third-order valence-corrected chi connectivity index (χ3v) is 5.19. The molecule has 1 fully saturated rings. The minimum absolute atomic E-state index is 0.281. The second kappa shape index (κ2) is 14.9. The Morgan fingerprint density at radius 2 is 1.62 bits per heavy atom. The van der Waals surface area contributed by atoms with Crippen LogP contribution >= 0.6 is 0 Å². The van der Waals surface area contributed by atoms with Crippen LogP contribution in [0.4, 0.5) is 0 Å². The van der Waals surface area contributed by atoms with E-state index in [0.717, 1.165) is 6.42 Å². The van der Waals surface area contributed by atoms with Crippen molar-refractivity contribution in [2.24, 2.45) is 0 Å². The summed E-state index contributed by atoms with van der Waals surface area (Å²) >= 11 is 0. The highest BCUT2D eigenvalue weighted by Gasteiger charge is 2.29. The van der Waals surface area contributed by atoms with Crippen LogP contribution in [0.5, 0.6) is 0 Å². The summed E-state index contributed by atoms with van der Waals surface area (Å²) in [5.74, 6) is 0. The number of unbranched alkanes of at least 4 members (excludes halogenated alkanes) is 9. The fourth-order valence-electron chi connectivity index (χ4n) is 3.67. The molecule has 1 N–H and O–H groups in total. The number of ether oxygens (including phenoxy) is 2. The van der Waals surface area contributed by atoms with Crippen molar-refractivity contribution in [3.63, 3.8) is 0 Å². The van der Waals surface area contributed by atoms with Crippen LogP contribution < -0.4 is 5.32 Å². The van der Waals surface area contributed by atoms with Crippen molar-refractivity contribution in [2.75, 3.05) is 13.9 Å². The van der Waals surface area contributed by atoms with Crippen LogP contribution in [0, 0.1) is 0 Å². The van der Waals surface area contributed by atoms with Gasteiger partial charge in [-0.25, -0.2) is 0 Å². The first kappa shape index (κ1) is 21.7. The van der Waals surface area contributed by atoms with Gasteiger partial charge >= 0.3 is 0 Å². The lowest BCUT2D eigenvalue weighted by atomic mass is 10.0. The molecule has 0 saturated carbocycles. The molecule has 24 heavy (non-hydrogen) atoms. The highest BCUT2D eigenvalue weighted by atomic mass is 16.7. The smallest absolute Gasteiger partial charge is 0.146 e. The Kier molecular flexibility index (Phi) is 13.5. The van der Waals surface area contributed by atoms with Gasteiger partial charge < -0.3 is 14.8 Å². The predicted molar refractivity (Wildman–Crippen MR) is 103 cm³/mol. The Morgan fingerprint density at radius 3 is 2.17 bits per heavy atom. The maximum absolute atomic E-state index is 5.93. The second-order valence-corrected chi connectivity index (χ2v) is 7.28. The number of hydrogen-bond acceptors (Lipinski definition) is 3. The number of methoxy groups -OCH3 is 1. The summed E-state index contributed by atoms with van der Waals surface area (Å²) in [4.78, 5) is 0.